The molecule has 2 aromatic heterocycles. The normalized spacial score (nSPS) is 11.3. The van der Waals surface area contributed by atoms with Crippen LogP contribution in [0.25, 0.3) is 22.3 Å². The number of imidazole rings is 1. The molecule has 0 radical (unpaired) electrons. The number of carbonyl (C=O) groups is 1. The zero-order chi connectivity index (χ0) is 23.5. The molecule has 3 aromatic rings. The van der Waals surface area contributed by atoms with Gasteiger partial charge in [-0.1, -0.05) is 0 Å². The van der Waals surface area contributed by atoms with Gasteiger partial charge in [0, 0.05) is 33.3 Å². The van der Waals surface area contributed by atoms with Gasteiger partial charge in [0.1, 0.15) is 17.3 Å². The summed E-state index contributed by atoms with van der Waals surface area (Å²) in [5.41, 5.74) is 0.476. The molecule has 1 aromatic carbocycles. The van der Waals surface area contributed by atoms with E-state index in [1.807, 2.05) is 6.07 Å². The van der Waals surface area contributed by atoms with Crippen LogP contribution < -0.4 is 10.1 Å². The predicted molar refractivity (Wildman–Crippen MR) is 111 cm³/mol. The van der Waals surface area contributed by atoms with Crippen LogP contribution in [0.15, 0.2) is 30.6 Å². The van der Waals surface area contributed by atoms with Crippen molar-refractivity contribution in [2.45, 2.75) is 12.6 Å². The van der Waals surface area contributed by atoms with Crippen molar-refractivity contribution in [3.8, 4) is 23.1 Å². The van der Waals surface area contributed by atoms with E-state index in [1.165, 1.54) is 23.4 Å². The molecule has 0 unspecified atom stereocenters. The number of nitrogens with zero attached hydrogens (tertiary/aromatic N) is 5. The Hall–Kier alpha value is -3.81. The highest BCUT2D eigenvalue weighted by Crippen LogP contribution is 2.39. The van der Waals surface area contributed by atoms with E-state index in [0.717, 1.165) is 6.07 Å². The number of nitriles is 1. The number of rotatable bonds is 6. The highest BCUT2D eigenvalue weighted by Gasteiger charge is 2.35. The summed E-state index contributed by atoms with van der Waals surface area (Å²) >= 11 is 0. The van der Waals surface area contributed by atoms with Crippen molar-refractivity contribution in [1.29, 1.82) is 5.26 Å². The first-order chi connectivity index (χ1) is 15.1. The molecule has 32 heavy (non-hydrogen) atoms. The maximum absolute atomic E-state index is 13.7. The van der Waals surface area contributed by atoms with E-state index < -0.39 is 11.7 Å². The Morgan fingerprint density at radius 1 is 1.31 bits per heavy atom. The van der Waals surface area contributed by atoms with Gasteiger partial charge in [-0.3, -0.25) is 0 Å². The van der Waals surface area contributed by atoms with E-state index in [-0.39, 0.29) is 41.9 Å². The molecule has 0 aliphatic rings. The molecule has 0 saturated heterocycles. The van der Waals surface area contributed by atoms with Crippen LogP contribution in [-0.4, -0.2) is 52.7 Å². The Labute approximate surface area is 182 Å². The molecule has 168 valence electrons. The van der Waals surface area contributed by atoms with E-state index in [1.54, 1.807) is 31.8 Å². The van der Waals surface area contributed by atoms with E-state index in [9.17, 15) is 23.2 Å². The summed E-state index contributed by atoms with van der Waals surface area (Å²) in [5.74, 6) is -0.317. The number of hydrogen-bond donors (Lipinski definition) is 1. The number of hydrogen-bond acceptors (Lipinski definition) is 5. The highest BCUT2D eigenvalue weighted by molar-refractivity contribution is 5.84. The van der Waals surface area contributed by atoms with Crippen molar-refractivity contribution in [2.24, 2.45) is 7.05 Å². The SMILES string of the molecule is CN(C)C(=O)NCCCOc1ccc(-c2cc3c(ncn3C)c(C#N)n2)cc1C(F)(F)F. The number of pyridine rings is 1. The Kier molecular flexibility index (Phi) is 6.53. The summed E-state index contributed by atoms with van der Waals surface area (Å²) in [6.07, 6.45) is -2.81. The summed E-state index contributed by atoms with van der Waals surface area (Å²) < 4.78 is 48.1. The number of carbonyl (C=O) groups excluding carboxylic acids is 1. The minimum Gasteiger partial charge on any atom is -0.493 e. The van der Waals surface area contributed by atoms with E-state index in [2.05, 4.69) is 15.3 Å². The fourth-order valence-electron chi connectivity index (χ4n) is 3.00. The van der Waals surface area contributed by atoms with Crippen LogP contribution in [0.2, 0.25) is 0 Å². The van der Waals surface area contributed by atoms with Gasteiger partial charge in [0.05, 0.1) is 29.7 Å². The number of ether oxygens (including phenoxy) is 1. The van der Waals surface area contributed by atoms with Crippen LogP contribution >= 0.6 is 0 Å². The van der Waals surface area contributed by atoms with Gasteiger partial charge in [-0.25, -0.2) is 14.8 Å². The molecule has 0 aliphatic carbocycles. The standard InChI is InChI=1S/C21H21F3N6O2/c1-29(2)20(31)26-7-4-8-32-18-6-5-13(9-14(18)21(22,23)24)15-10-17-19(16(11-25)28-15)27-12-30(17)3/h5-6,9-10,12H,4,7-8H2,1-3H3,(H,26,31). The minimum absolute atomic E-state index is 0.00601. The molecular formula is C21H21F3N6O2. The second-order valence-corrected chi connectivity index (χ2v) is 7.23. The van der Waals surface area contributed by atoms with Gasteiger partial charge in [-0.15, -0.1) is 0 Å². The Balaban J connectivity index is 1.85. The Morgan fingerprint density at radius 3 is 2.72 bits per heavy atom. The first-order valence-corrected chi connectivity index (χ1v) is 9.63. The minimum atomic E-state index is -4.65. The fraction of sp³-hybridized carbons (Fsp3) is 0.333. The van der Waals surface area contributed by atoms with Crippen LogP contribution in [0.4, 0.5) is 18.0 Å². The lowest BCUT2D eigenvalue weighted by atomic mass is 10.1. The van der Waals surface area contributed by atoms with Crippen LogP contribution in [0, 0.1) is 11.3 Å². The summed E-state index contributed by atoms with van der Waals surface area (Å²) in [6, 6.07) is 6.89. The molecule has 8 nitrogen and oxygen atoms in total. The van der Waals surface area contributed by atoms with Crippen molar-refractivity contribution in [3.05, 3.63) is 41.9 Å². The van der Waals surface area contributed by atoms with Gasteiger partial charge in [-0.2, -0.15) is 18.4 Å². The average molecular weight is 446 g/mol. The van der Waals surface area contributed by atoms with Crippen LogP contribution in [-0.2, 0) is 13.2 Å². The van der Waals surface area contributed by atoms with E-state index >= 15 is 0 Å². The van der Waals surface area contributed by atoms with Crippen LogP contribution in [0.1, 0.15) is 17.7 Å². The van der Waals surface area contributed by atoms with E-state index in [0.29, 0.717) is 17.5 Å². The third-order valence-electron chi connectivity index (χ3n) is 4.66. The van der Waals surface area contributed by atoms with Crippen molar-refractivity contribution in [1.82, 2.24) is 24.8 Å². The zero-order valence-corrected chi connectivity index (χ0v) is 17.7. The maximum Gasteiger partial charge on any atom is 0.419 e. The van der Waals surface area contributed by atoms with Gasteiger partial charge in [-0.05, 0) is 30.7 Å². The summed E-state index contributed by atoms with van der Waals surface area (Å²) in [7, 11) is 4.90. The molecule has 0 spiro atoms. The van der Waals surface area contributed by atoms with Crippen molar-refractivity contribution >= 4 is 17.1 Å². The lowest BCUT2D eigenvalue weighted by molar-refractivity contribution is -0.138. The lowest BCUT2D eigenvalue weighted by Crippen LogP contribution is -2.35. The molecule has 1 N–H and O–H groups in total. The number of alkyl halides is 3. The van der Waals surface area contributed by atoms with Crippen molar-refractivity contribution in [2.75, 3.05) is 27.2 Å². The second-order valence-electron chi connectivity index (χ2n) is 7.23. The number of fused-ring (bicyclic) bond motifs is 1. The second kappa shape index (κ2) is 9.13. The third kappa shape index (κ3) is 4.91. The van der Waals surface area contributed by atoms with Gasteiger partial charge < -0.3 is 19.5 Å². The molecule has 0 aliphatic heterocycles. The Bertz CT molecular complexity index is 1180. The largest absolute Gasteiger partial charge is 0.493 e. The molecule has 0 atom stereocenters. The Morgan fingerprint density at radius 2 is 2.06 bits per heavy atom. The zero-order valence-electron chi connectivity index (χ0n) is 17.7. The third-order valence-corrected chi connectivity index (χ3v) is 4.66. The topological polar surface area (TPSA) is 96.1 Å². The number of benzene rings is 1. The molecular weight excluding hydrogens is 425 g/mol. The fourth-order valence-corrected chi connectivity index (χ4v) is 3.00. The number of halogens is 3. The quantitative estimate of drug-likeness (QED) is 0.584. The van der Waals surface area contributed by atoms with Gasteiger partial charge in [0.25, 0.3) is 0 Å². The molecule has 2 amide bonds. The van der Waals surface area contributed by atoms with Gasteiger partial charge in [0.15, 0.2) is 5.69 Å². The number of urea groups is 1. The first-order valence-electron chi connectivity index (χ1n) is 9.63. The first kappa shape index (κ1) is 22.9. The smallest absolute Gasteiger partial charge is 0.419 e. The predicted octanol–water partition coefficient (Wildman–Crippen LogP) is 3.57. The summed E-state index contributed by atoms with van der Waals surface area (Å²) in [5, 5.41) is 12.0. The number of nitrogens with one attached hydrogen (secondary N) is 1. The number of aryl methyl sites for hydroxylation is 1. The maximum atomic E-state index is 13.7. The van der Waals surface area contributed by atoms with Gasteiger partial charge >= 0.3 is 12.2 Å². The van der Waals surface area contributed by atoms with Crippen molar-refractivity contribution < 1.29 is 22.7 Å². The van der Waals surface area contributed by atoms with Gasteiger partial charge in [0.2, 0.25) is 0 Å². The molecule has 0 bridgehead atoms. The van der Waals surface area contributed by atoms with E-state index in [4.69, 9.17) is 4.74 Å². The summed E-state index contributed by atoms with van der Waals surface area (Å²) in [6.45, 7) is 0.260. The molecule has 0 saturated carbocycles. The average Bonchev–Trinajstić information content (AvgIpc) is 3.12. The molecule has 2 heterocycles. The number of aromatic nitrogens is 3. The lowest BCUT2D eigenvalue weighted by Gasteiger charge is -2.16. The van der Waals surface area contributed by atoms with Crippen LogP contribution in [0.3, 0.4) is 0 Å². The monoisotopic (exact) mass is 446 g/mol. The number of amides is 2. The van der Waals surface area contributed by atoms with Crippen LogP contribution in [0.5, 0.6) is 5.75 Å². The van der Waals surface area contributed by atoms with Crippen molar-refractivity contribution in [3.63, 3.8) is 0 Å². The molecule has 3 rings (SSSR count). The molecule has 0 fully saturated rings. The highest BCUT2D eigenvalue weighted by atomic mass is 19.4. The summed E-state index contributed by atoms with van der Waals surface area (Å²) in [4.78, 5) is 21.1. The molecule has 11 heteroatoms.